The van der Waals surface area contributed by atoms with Crippen LogP contribution in [-0.2, 0) is 0 Å². The van der Waals surface area contributed by atoms with E-state index in [1.54, 1.807) is 23.5 Å². The molecule has 0 saturated carbocycles. The molecular weight excluding hydrogens is 342 g/mol. The summed E-state index contributed by atoms with van der Waals surface area (Å²) in [6.45, 7) is 8.17. The Kier molecular flexibility index (Phi) is 7.36. The Labute approximate surface area is 159 Å². The van der Waals surface area contributed by atoms with Crippen LogP contribution in [0.25, 0.3) is 22.4 Å². The number of aromatic nitrogens is 2. The van der Waals surface area contributed by atoms with Crippen LogP contribution in [0, 0.1) is 0 Å². The summed E-state index contributed by atoms with van der Waals surface area (Å²) in [5.41, 5.74) is 1.95. The van der Waals surface area contributed by atoms with Gasteiger partial charge in [0.25, 0.3) is 0 Å². The van der Waals surface area contributed by atoms with Crippen LogP contribution in [-0.4, -0.2) is 21.1 Å². The number of benzene rings is 1. The number of phenols is 1. The maximum atomic E-state index is 9.49. The second kappa shape index (κ2) is 9.73. The van der Waals surface area contributed by atoms with Gasteiger partial charge in [0.2, 0.25) is 0 Å². The zero-order valence-corrected chi connectivity index (χ0v) is 16.4. The largest absolute Gasteiger partial charge is 0.508 e. The maximum absolute atomic E-state index is 9.49. The first-order valence-electron chi connectivity index (χ1n) is 8.77. The van der Waals surface area contributed by atoms with E-state index >= 15 is 0 Å². The van der Waals surface area contributed by atoms with Gasteiger partial charge >= 0.3 is 0 Å². The molecule has 0 spiro atoms. The molecule has 1 aromatic carbocycles. The van der Waals surface area contributed by atoms with Crippen molar-refractivity contribution in [2.75, 3.05) is 5.32 Å². The highest BCUT2D eigenvalue weighted by atomic mass is 32.1. The van der Waals surface area contributed by atoms with Gasteiger partial charge in [-0.1, -0.05) is 32.1 Å². The predicted octanol–water partition coefficient (Wildman–Crippen LogP) is 5.97. The molecule has 0 aliphatic heterocycles. The number of fused-ring (bicyclic) bond motifs is 1. The predicted molar refractivity (Wildman–Crippen MR) is 114 cm³/mol. The van der Waals surface area contributed by atoms with Gasteiger partial charge < -0.3 is 10.4 Å². The van der Waals surface area contributed by atoms with Crippen LogP contribution < -0.4 is 5.32 Å². The molecule has 2 aromatic heterocycles. The van der Waals surface area contributed by atoms with Gasteiger partial charge in [0.05, 0.1) is 10.2 Å². The Morgan fingerprint density at radius 1 is 1.08 bits per heavy atom. The summed E-state index contributed by atoms with van der Waals surface area (Å²) in [5, 5.41) is 13.7. The summed E-state index contributed by atoms with van der Waals surface area (Å²) < 4.78 is 0.982. The smallest absolute Gasteiger partial charge is 0.126 e. The van der Waals surface area contributed by atoms with Gasteiger partial charge in [-0.25, -0.2) is 9.97 Å². The third-order valence-corrected chi connectivity index (χ3v) is 4.23. The van der Waals surface area contributed by atoms with Crippen molar-refractivity contribution in [3.05, 3.63) is 59.3 Å². The average Bonchev–Trinajstić information content (AvgIpc) is 3.03. The number of hydrogen-bond donors (Lipinski definition) is 2. The lowest BCUT2D eigenvalue weighted by Crippen LogP contribution is -2.10. The molecule has 2 heterocycles. The van der Waals surface area contributed by atoms with Crippen LogP contribution in [0.3, 0.4) is 0 Å². The van der Waals surface area contributed by atoms with E-state index in [-0.39, 0.29) is 5.75 Å². The molecule has 0 fully saturated rings. The summed E-state index contributed by atoms with van der Waals surface area (Å²) in [5.74, 6) is 1.15. The van der Waals surface area contributed by atoms with Gasteiger partial charge in [-0.3, -0.25) is 0 Å². The van der Waals surface area contributed by atoms with Crippen LogP contribution in [0.5, 0.6) is 5.75 Å². The van der Waals surface area contributed by atoms with Crippen molar-refractivity contribution < 1.29 is 5.11 Å². The molecule has 26 heavy (non-hydrogen) atoms. The first-order chi connectivity index (χ1) is 12.6. The second-order valence-corrected chi connectivity index (χ2v) is 6.76. The van der Waals surface area contributed by atoms with E-state index in [0.29, 0.717) is 6.04 Å². The Morgan fingerprint density at radius 3 is 2.54 bits per heavy atom. The minimum Gasteiger partial charge on any atom is -0.508 e. The van der Waals surface area contributed by atoms with Crippen LogP contribution in [0.1, 0.15) is 38.3 Å². The molecule has 2 N–H and O–H groups in total. The number of aromatic hydroxyl groups is 1. The summed E-state index contributed by atoms with van der Waals surface area (Å²) in [6.07, 6.45) is 9.73. The standard InChI is InChI=1S/C19H19N3OS.C2H6/c1-13(2)21-18-10-7-14(12-20-18)5-3-4-6-19-22-16-9-8-15(23)11-17(16)24-19;1-2/h3-13,23H,1-2H3,(H,20,21);1-2H3/b5-3+,6-4+;. The molecule has 5 heteroatoms. The summed E-state index contributed by atoms with van der Waals surface area (Å²) >= 11 is 1.55. The van der Waals surface area contributed by atoms with Crippen LogP contribution in [0.2, 0.25) is 0 Å². The van der Waals surface area contributed by atoms with Gasteiger partial charge in [-0.05, 0) is 55.8 Å². The molecular formula is C21H25N3OS. The Hall–Kier alpha value is -2.66. The highest BCUT2D eigenvalue weighted by molar-refractivity contribution is 7.19. The molecule has 3 rings (SSSR count). The number of pyridine rings is 1. The van der Waals surface area contributed by atoms with Gasteiger partial charge in [0.15, 0.2) is 0 Å². The number of nitrogens with one attached hydrogen (secondary N) is 1. The van der Waals surface area contributed by atoms with Crippen LogP contribution in [0.15, 0.2) is 48.7 Å². The van der Waals surface area contributed by atoms with Gasteiger partial charge in [-0.15, -0.1) is 11.3 Å². The zero-order chi connectivity index (χ0) is 18.9. The van der Waals surface area contributed by atoms with Crippen molar-refractivity contribution >= 4 is 39.5 Å². The average molecular weight is 368 g/mol. The first kappa shape index (κ1) is 19.7. The zero-order valence-electron chi connectivity index (χ0n) is 15.6. The molecule has 4 nitrogen and oxygen atoms in total. The minimum atomic E-state index is 0.268. The van der Waals surface area contributed by atoms with E-state index in [1.807, 2.05) is 62.5 Å². The van der Waals surface area contributed by atoms with Crippen molar-refractivity contribution in [1.82, 2.24) is 9.97 Å². The normalized spacial score (nSPS) is 11.3. The number of phenolic OH excluding ortho intramolecular Hbond substituents is 1. The maximum Gasteiger partial charge on any atom is 0.126 e. The van der Waals surface area contributed by atoms with Gasteiger partial charge in [0, 0.05) is 12.2 Å². The van der Waals surface area contributed by atoms with E-state index < -0.39 is 0 Å². The monoisotopic (exact) mass is 367 g/mol. The molecule has 3 aromatic rings. The highest BCUT2D eigenvalue weighted by Crippen LogP contribution is 2.26. The fourth-order valence-corrected chi connectivity index (χ4v) is 3.11. The molecule has 0 atom stereocenters. The van der Waals surface area contributed by atoms with E-state index in [2.05, 4.69) is 29.1 Å². The Morgan fingerprint density at radius 2 is 1.85 bits per heavy atom. The SMILES string of the molecule is CC.CC(C)Nc1ccc(/C=C/C=C/c2nc3ccc(O)cc3s2)cn1. The number of rotatable bonds is 5. The summed E-state index contributed by atoms with van der Waals surface area (Å²) in [6, 6.07) is 9.59. The van der Waals surface area contributed by atoms with Crippen molar-refractivity contribution in [3.8, 4) is 5.75 Å². The van der Waals surface area contributed by atoms with E-state index in [9.17, 15) is 5.11 Å². The number of anilines is 1. The quantitative estimate of drug-likeness (QED) is 0.545. The number of thiazole rings is 1. The molecule has 0 saturated heterocycles. The van der Waals surface area contributed by atoms with E-state index in [4.69, 9.17) is 0 Å². The topological polar surface area (TPSA) is 58.0 Å². The first-order valence-corrected chi connectivity index (χ1v) is 9.59. The third kappa shape index (κ3) is 5.70. The van der Waals surface area contributed by atoms with Crippen LogP contribution >= 0.6 is 11.3 Å². The minimum absolute atomic E-state index is 0.268. The molecule has 136 valence electrons. The lowest BCUT2D eigenvalue weighted by Gasteiger charge is -2.08. The molecule has 0 bridgehead atoms. The molecule has 0 unspecified atom stereocenters. The highest BCUT2D eigenvalue weighted by Gasteiger charge is 2.01. The lowest BCUT2D eigenvalue weighted by atomic mass is 10.2. The van der Waals surface area contributed by atoms with Crippen LogP contribution in [0.4, 0.5) is 5.82 Å². The van der Waals surface area contributed by atoms with E-state index in [1.165, 1.54) is 0 Å². The Balaban J connectivity index is 0.00000117. The van der Waals surface area contributed by atoms with Crippen molar-refractivity contribution in [3.63, 3.8) is 0 Å². The number of nitrogens with zero attached hydrogens (tertiary/aromatic N) is 2. The second-order valence-electron chi connectivity index (χ2n) is 5.70. The number of hydrogen-bond acceptors (Lipinski definition) is 5. The van der Waals surface area contributed by atoms with E-state index in [0.717, 1.165) is 26.6 Å². The molecule has 0 aliphatic carbocycles. The van der Waals surface area contributed by atoms with Crippen molar-refractivity contribution in [1.29, 1.82) is 0 Å². The molecule has 0 radical (unpaired) electrons. The fraction of sp³-hybridized carbons (Fsp3) is 0.238. The molecule has 0 amide bonds. The third-order valence-electron chi connectivity index (χ3n) is 3.25. The van der Waals surface area contributed by atoms with Gasteiger partial charge in [-0.2, -0.15) is 0 Å². The molecule has 0 aliphatic rings. The van der Waals surface area contributed by atoms with Crippen molar-refractivity contribution in [2.45, 2.75) is 33.7 Å². The summed E-state index contributed by atoms with van der Waals surface area (Å²) in [7, 11) is 0. The lowest BCUT2D eigenvalue weighted by molar-refractivity contribution is 0.476. The fourth-order valence-electron chi connectivity index (χ4n) is 2.19. The summed E-state index contributed by atoms with van der Waals surface area (Å²) in [4.78, 5) is 8.88. The number of allylic oxidation sites excluding steroid dienone is 2. The van der Waals surface area contributed by atoms with Crippen molar-refractivity contribution in [2.24, 2.45) is 0 Å². The van der Waals surface area contributed by atoms with Gasteiger partial charge in [0.1, 0.15) is 16.6 Å². The Bertz CT molecular complexity index is 880.